The van der Waals surface area contributed by atoms with Gasteiger partial charge >= 0.3 is 5.97 Å². The molecule has 3 rings (SSSR count). The first-order valence-corrected chi connectivity index (χ1v) is 8.36. The summed E-state index contributed by atoms with van der Waals surface area (Å²) < 4.78 is 4.71. The number of nitrogens with zero attached hydrogens (tertiary/aromatic N) is 3. The number of rotatable bonds is 2. The molecule has 0 saturated carbocycles. The lowest BCUT2D eigenvalue weighted by molar-refractivity contribution is 0.0600. The summed E-state index contributed by atoms with van der Waals surface area (Å²) in [7, 11) is 1.30. The van der Waals surface area contributed by atoms with Gasteiger partial charge in [-0.1, -0.05) is 18.2 Å². The monoisotopic (exact) mass is 359 g/mol. The van der Waals surface area contributed by atoms with E-state index in [-0.39, 0.29) is 17.2 Å². The zero-order chi connectivity index (χ0) is 19.6. The number of nitriles is 3. The topological polar surface area (TPSA) is 136 Å². The molecule has 3 N–H and O–H groups in total. The first kappa shape index (κ1) is 18.2. The number of hydrogen-bond acceptors (Lipinski definition) is 7. The van der Waals surface area contributed by atoms with Crippen molar-refractivity contribution in [2.45, 2.75) is 5.92 Å². The van der Waals surface area contributed by atoms with E-state index in [1.165, 1.54) is 7.11 Å². The number of nitrogens with one attached hydrogen (secondary N) is 1. The number of ether oxygens (including phenoxy) is 1. The zero-order valence-corrected chi connectivity index (χ0v) is 14.7. The van der Waals surface area contributed by atoms with Gasteiger partial charge in [-0.05, 0) is 23.3 Å². The van der Waals surface area contributed by atoms with Gasteiger partial charge in [0.1, 0.15) is 6.07 Å². The molecule has 0 radical (unpaired) electrons. The normalized spacial score (nSPS) is 23.1. The van der Waals surface area contributed by atoms with Crippen LogP contribution in [0.5, 0.6) is 0 Å². The van der Waals surface area contributed by atoms with E-state index in [2.05, 4.69) is 23.5 Å². The van der Waals surface area contributed by atoms with Gasteiger partial charge in [0, 0.05) is 24.9 Å². The van der Waals surface area contributed by atoms with Crippen molar-refractivity contribution in [3.8, 4) is 18.2 Å². The van der Waals surface area contributed by atoms with Crippen LogP contribution in [0.25, 0.3) is 0 Å². The Morgan fingerprint density at radius 3 is 2.48 bits per heavy atom. The van der Waals surface area contributed by atoms with E-state index >= 15 is 0 Å². The molecule has 1 aliphatic heterocycles. The Bertz CT molecular complexity index is 956. The number of esters is 1. The third-order valence-corrected chi connectivity index (χ3v) is 5.24. The molecule has 7 nitrogen and oxygen atoms in total. The number of carbonyl (C=O) groups is 1. The van der Waals surface area contributed by atoms with Crippen LogP contribution in [0.2, 0.25) is 0 Å². The Morgan fingerprint density at radius 1 is 1.26 bits per heavy atom. The summed E-state index contributed by atoms with van der Waals surface area (Å²) in [5, 5.41) is 32.6. The minimum atomic E-state index is -1.67. The molecule has 7 heteroatoms. The van der Waals surface area contributed by atoms with Crippen molar-refractivity contribution in [3.63, 3.8) is 0 Å². The molecule has 2 aliphatic rings. The van der Waals surface area contributed by atoms with E-state index in [0.29, 0.717) is 24.2 Å². The van der Waals surface area contributed by atoms with Crippen molar-refractivity contribution in [3.05, 3.63) is 58.3 Å². The smallest absolute Gasteiger partial charge is 0.337 e. The third-order valence-electron chi connectivity index (χ3n) is 5.24. The van der Waals surface area contributed by atoms with Crippen LogP contribution in [0.15, 0.2) is 47.2 Å². The first-order chi connectivity index (χ1) is 13.0. The van der Waals surface area contributed by atoms with Gasteiger partial charge in [-0.3, -0.25) is 0 Å². The Labute approximate surface area is 156 Å². The van der Waals surface area contributed by atoms with E-state index in [9.17, 15) is 20.6 Å². The number of allylic oxidation sites excluding steroid dienone is 2. The van der Waals surface area contributed by atoms with Crippen molar-refractivity contribution < 1.29 is 9.53 Å². The maximum atomic E-state index is 11.7. The van der Waals surface area contributed by atoms with Crippen molar-refractivity contribution in [1.29, 1.82) is 15.8 Å². The molecule has 0 unspecified atom stereocenters. The number of nitrogens with two attached hydrogens (primary N) is 1. The highest BCUT2D eigenvalue weighted by Crippen LogP contribution is 2.53. The van der Waals surface area contributed by atoms with Gasteiger partial charge in [0.25, 0.3) is 0 Å². The minimum absolute atomic E-state index is 0.0126. The van der Waals surface area contributed by atoms with Crippen LogP contribution in [-0.4, -0.2) is 26.2 Å². The maximum absolute atomic E-state index is 11.7. The number of carbonyl (C=O) groups excluding carboxylic acids is 1. The summed E-state index contributed by atoms with van der Waals surface area (Å²) in [6.07, 6.45) is 1.88. The summed E-state index contributed by atoms with van der Waals surface area (Å²) in [5.74, 6) is -1.30. The molecule has 0 spiro atoms. The molecule has 134 valence electrons. The van der Waals surface area contributed by atoms with Crippen molar-refractivity contribution in [2.75, 3.05) is 20.2 Å². The molecule has 0 bridgehead atoms. The number of methoxy groups -OCH3 is 1. The molecular formula is C20H17N5O2. The van der Waals surface area contributed by atoms with E-state index in [1.807, 2.05) is 6.08 Å². The second-order valence-corrected chi connectivity index (χ2v) is 6.45. The van der Waals surface area contributed by atoms with E-state index in [0.717, 1.165) is 5.57 Å². The number of benzene rings is 1. The lowest BCUT2D eigenvalue weighted by Gasteiger charge is -2.43. The quantitative estimate of drug-likeness (QED) is 0.763. The summed E-state index contributed by atoms with van der Waals surface area (Å²) in [6, 6.07) is 12.8. The average Bonchev–Trinajstić information content (AvgIpc) is 2.72. The van der Waals surface area contributed by atoms with Gasteiger partial charge in [-0.25, -0.2) is 4.79 Å². The fourth-order valence-corrected chi connectivity index (χ4v) is 3.93. The predicted octanol–water partition coefficient (Wildman–Crippen LogP) is 1.49. The highest BCUT2D eigenvalue weighted by molar-refractivity contribution is 5.89. The Hall–Kier alpha value is -3.60. The molecule has 1 aromatic carbocycles. The van der Waals surface area contributed by atoms with Gasteiger partial charge in [0.15, 0.2) is 5.41 Å². The van der Waals surface area contributed by atoms with E-state index in [4.69, 9.17) is 10.5 Å². The summed E-state index contributed by atoms with van der Waals surface area (Å²) in [5.41, 5.74) is 6.57. The largest absolute Gasteiger partial charge is 0.465 e. The molecule has 2 atom stereocenters. The molecule has 0 saturated heterocycles. The van der Waals surface area contributed by atoms with Crippen molar-refractivity contribution in [1.82, 2.24) is 5.32 Å². The second-order valence-electron chi connectivity index (χ2n) is 6.45. The summed E-state index contributed by atoms with van der Waals surface area (Å²) in [6.45, 7) is 1.10. The van der Waals surface area contributed by atoms with Crippen molar-refractivity contribution in [2.24, 2.45) is 17.1 Å². The number of hydrogen-bond donors (Lipinski definition) is 2. The van der Waals surface area contributed by atoms with Gasteiger partial charge in [0.05, 0.1) is 36.1 Å². The Morgan fingerprint density at radius 2 is 1.93 bits per heavy atom. The van der Waals surface area contributed by atoms with E-state index in [1.54, 1.807) is 24.3 Å². The first-order valence-electron chi connectivity index (χ1n) is 8.36. The molecule has 27 heavy (non-hydrogen) atoms. The van der Waals surface area contributed by atoms with Gasteiger partial charge in [-0.2, -0.15) is 15.8 Å². The van der Waals surface area contributed by atoms with Gasteiger partial charge in [0.2, 0.25) is 0 Å². The molecule has 0 fully saturated rings. The Balaban J connectivity index is 2.22. The fourth-order valence-electron chi connectivity index (χ4n) is 3.93. The standard InChI is InChI=1S/C20H17N5O2/c1-27-19(26)13-4-2-12(3-5-13)17-16-9-25-7-6-14(16)15(8-21)18(24)20(17,10-22)11-23/h2-6,16-17,25H,7,9,24H2,1H3/t16-,17+/m0/s1. The molecular weight excluding hydrogens is 342 g/mol. The summed E-state index contributed by atoms with van der Waals surface area (Å²) in [4.78, 5) is 11.7. The number of fused-ring (bicyclic) bond motifs is 1. The second kappa shape index (κ2) is 6.96. The van der Waals surface area contributed by atoms with Gasteiger partial charge in [-0.15, -0.1) is 0 Å². The predicted molar refractivity (Wildman–Crippen MR) is 95.5 cm³/mol. The summed E-state index contributed by atoms with van der Waals surface area (Å²) >= 11 is 0. The lowest BCUT2D eigenvalue weighted by atomic mass is 9.58. The third kappa shape index (κ3) is 2.64. The van der Waals surface area contributed by atoms with Crippen LogP contribution in [0, 0.1) is 45.3 Å². The molecule has 0 aromatic heterocycles. The highest BCUT2D eigenvalue weighted by atomic mass is 16.5. The Kier molecular flexibility index (Phi) is 4.69. The van der Waals surface area contributed by atoms with E-state index < -0.39 is 17.3 Å². The van der Waals surface area contributed by atoms with Crippen LogP contribution < -0.4 is 11.1 Å². The van der Waals surface area contributed by atoms with Crippen LogP contribution in [0.4, 0.5) is 0 Å². The maximum Gasteiger partial charge on any atom is 0.337 e. The molecule has 1 heterocycles. The van der Waals surface area contributed by atoms with Crippen molar-refractivity contribution >= 4 is 5.97 Å². The molecule has 1 aromatic rings. The highest BCUT2D eigenvalue weighted by Gasteiger charge is 2.53. The molecule has 0 amide bonds. The fraction of sp³-hybridized carbons (Fsp3) is 0.300. The van der Waals surface area contributed by atoms with Crippen LogP contribution in [0.3, 0.4) is 0 Å². The van der Waals surface area contributed by atoms with Crippen LogP contribution in [-0.2, 0) is 4.74 Å². The van der Waals surface area contributed by atoms with Gasteiger partial charge < -0.3 is 15.8 Å². The van der Waals surface area contributed by atoms with Crippen LogP contribution in [0.1, 0.15) is 21.8 Å². The average molecular weight is 359 g/mol. The zero-order valence-electron chi connectivity index (χ0n) is 14.7. The minimum Gasteiger partial charge on any atom is -0.465 e. The molecule has 1 aliphatic carbocycles. The van der Waals surface area contributed by atoms with Crippen LogP contribution >= 0.6 is 0 Å². The lowest BCUT2D eigenvalue weighted by Crippen LogP contribution is -2.46. The SMILES string of the molecule is COC(=O)c1ccc([C@@H]2[C@H]3CNCC=C3C(C#N)=C(N)C2(C#N)C#N)cc1.